The van der Waals surface area contributed by atoms with Gasteiger partial charge >= 0.3 is 0 Å². The van der Waals surface area contributed by atoms with Crippen molar-refractivity contribution in [3.05, 3.63) is 37.6 Å². The monoisotopic (exact) mass is 375 g/mol. The standard InChI is InChI=1S/C14H17N9O2S/c1-20-7-14(18-11-20)26(24,25)22-4-2-21(3-5-22)12-6-13(17-9-16-12)23-10-15-8-19-23/h6-11H,2-5H2,1H3. The average Bonchev–Trinajstić information content (AvgIpc) is 3.34. The number of anilines is 1. The molecule has 0 N–H and O–H groups in total. The first kappa shape index (κ1) is 16.6. The number of hydrogen-bond donors (Lipinski definition) is 0. The first-order chi connectivity index (χ1) is 12.5. The highest BCUT2D eigenvalue weighted by Crippen LogP contribution is 2.19. The highest BCUT2D eigenvalue weighted by molar-refractivity contribution is 7.89. The topological polar surface area (TPSA) is 115 Å². The van der Waals surface area contributed by atoms with Crippen LogP contribution in [-0.4, -0.2) is 73.2 Å². The Morgan fingerprint density at radius 2 is 1.73 bits per heavy atom. The molecule has 0 aliphatic carbocycles. The van der Waals surface area contributed by atoms with E-state index in [4.69, 9.17) is 0 Å². The molecule has 0 saturated carbocycles. The van der Waals surface area contributed by atoms with Gasteiger partial charge in [0.15, 0.2) is 10.8 Å². The molecular weight excluding hydrogens is 358 g/mol. The van der Waals surface area contributed by atoms with Gasteiger partial charge in [0.1, 0.15) is 24.8 Å². The van der Waals surface area contributed by atoms with Crippen molar-refractivity contribution >= 4 is 15.8 Å². The Bertz CT molecular complexity index is 991. The van der Waals surface area contributed by atoms with E-state index in [2.05, 4.69) is 25.0 Å². The summed E-state index contributed by atoms with van der Waals surface area (Å²) in [5, 5.41) is 4.13. The fraction of sp³-hybridized carbons (Fsp3) is 0.357. The number of aromatic nitrogens is 7. The second-order valence-electron chi connectivity index (χ2n) is 5.84. The third-order valence-corrected chi connectivity index (χ3v) is 5.92. The number of sulfonamides is 1. The molecule has 4 rings (SSSR count). The quantitative estimate of drug-likeness (QED) is 0.588. The van der Waals surface area contributed by atoms with Crippen molar-refractivity contribution in [2.45, 2.75) is 5.03 Å². The van der Waals surface area contributed by atoms with Crippen LogP contribution in [0, 0.1) is 0 Å². The molecule has 0 atom stereocenters. The molecule has 0 unspecified atom stereocenters. The van der Waals surface area contributed by atoms with Crippen LogP contribution in [0.15, 0.2) is 42.6 Å². The summed E-state index contributed by atoms with van der Waals surface area (Å²) in [6, 6.07) is 1.80. The van der Waals surface area contributed by atoms with Gasteiger partial charge in [0, 0.05) is 45.5 Å². The Kier molecular flexibility index (Phi) is 4.12. The van der Waals surface area contributed by atoms with Gasteiger partial charge in [0.25, 0.3) is 10.0 Å². The second kappa shape index (κ2) is 6.46. The zero-order valence-corrected chi connectivity index (χ0v) is 14.9. The van der Waals surface area contributed by atoms with Crippen LogP contribution in [-0.2, 0) is 17.1 Å². The van der Waals surface area contributed by atoms with Crippen LogP contribution in [0.4, 0.5) is 5.82 Å². The number of rotatable bonds is 4. The van der Waals surface area contributed by atoms with E-state index in [1.165, 1.54) is 29.5 Å². The van der Waals surface area contributed by atoms with E-state index in [0.717, 1.165) is 5.82 Å². The molecule has 3 aromatic rings. The maximum Gasteiger partial charge on any atom is 0.262 e. The van der Waals surface area contributed by atoms with Crippen molar-refractivity contribution in [1.29, 1.82) is 0 Å². The molecule has 0 aromatic carbocycles. The molecule has 4 heterocycles. The molecule has 0 spiro atoms. The van der Waals surface area contributed by atoms with Gasteiger partial charge in [-0.05, 0) is 0 Å². The summed E-state index contributed by atoms with van der Waals surface area (Å²) in [6.45, 7) is 1.78. The van der Waals surface area contributed by atoms with Crippen molar-refractivity contribution in [3.8, 4) is 5.82 Å². The van der Waals surface area contributed by atoms with E-state index in [1.54, 1.807) is 28.7 Å². The van der Waals surface area contributed by atoms with Gasteiger partial charge in [-0.2, -0.15) is 9.40 Å². The van der Waals surface area contributed by atoms with E-state index in [9.17, 15) is 8.42 Å². The first-order valence-corrected chi connectivity index (χ1v) is 9.38. The first-order valence-electron chi connectivity index (χ1n) is 7.94. The summed E-state index contributed by atoms with van der Waals surface area (Å²) in [4.78, 5) is 18.4. The normalized spacial score (nSPS) is 16.1. The molecule has 12 heteroatoms. The van der Waals surface area contributed by atoms with E-state index in [1.807, 2.05) is 4.90 Å². The van der Waals surface area contributed by atoms with Gasteiger partial charge in [0.2, 0.25) is 0 Å². The zero-order valence-electron chi connectivity index (χ0n) is 14.0. The third kappa shape index (κ3) is 3.04. The fourth-order valence-electron chi connectivity index (χ4n) is 2.77. The van der Waals surface area contributed by atoms with Gasteiger partial charge in [-0.15, -0.1) is 0 Å². The number of nitrogens with zero attached hydrogens (tertiary/aromatic N) is 9. The van der Waals surface area contributed by atoms with Crippen molar-refractivity contribution < 1.29 is 8.42 Å². The van der Waals surface area contributed by atoms with Gasteiger partial charge in [-0.1, -0.05) is 0 Å². The lowest BCUT2D eigenvalue weighted by Crippen LogP contribution is -2.49. The van der Waals surface area contributed by atoms with E-state index in [-0.39, 0.29) is 5.03 Å². The number of aryl methyl sites for hydroxylation is 1. The Hall–Kier alpha value is -2.86. The number of piperazine rings is 1. The number of hydrogen-bond acceptors (Lipinski definition) is 8. The summed E-state index contributed by atoms with van der Waals surface area (Å²) in [5.41, 5.74) is 0. The molecular formula is C14H17N9O2S. The zero-order chi connectivity index (χ0) is 18.1. The van der Waals surface area contributed by atoms with Crippen LogP contribution in [0.25, 0.3) is 5.82 Å². The maximum absolute atomic E-state index is 12.6. The lowest BCUT2D eigenvalue weighted by atomic mass is 10.3. The van der Waals surface area contributed by atoms with Crippen LogP contribution >= 0.6 is 0 Å². The van der Waals surface area contributed by atoms with Crippen LogP contribution in [0.1, 0.15) is 0 Å². The molecule has 0 radical (unpaired) electrons. The Labute approximate surface area is 150 Å². The molecule has 0 amide bonds. The molecule has 0 bridgehead atoms. The molecule has 26 heavy (non-hydrogen) atoms. The minimum atomic E-state index is -3.57. The Morgan fingerprint density at radius 3 is 2.38 bits per heavy atom. The van der Waals surface area contributed by atoms with Crippen molar-refractivity contribution in [3.63, 3.8) is 0 Å². The third-order valence-electron chi connectivity index (χ3n) is 4.14. The van der Waals surface area contributed by atoms with Gasteiger partial charge in [-0.25, -0.2) is 33.0 Å². The molecule has 11 nitrogen and oxygen atoms in total. The lowest BCUT2D eigenvalue weighted by Gasteiger charge is -2.34. The molecule has 3 aromatic heterocycles. The van der Waals surface area contributed by atoms with Crippen LogP contribution in [0.3, 0.4) is 0 Å². The fourth-order valence-corrected chi connectivity index (χ4v) is 4.16. The summed E-state index contributed by atoms with van der Waals surface area (Å²) in [5.74, 6) is 1.33. The largest absolute Gasteiger partial charge is 0.354 e. The Balaban J connectivity index is 1.48. The minimum Gasteiger partial charge on any atom is -0.354 e. The van der Waals surface area contributed by atoms with E-state index >= 15 is 0 Å². The van der Waals surface area contributed by atoms with Gasteiger partial charge in [0.05, 0.1) is 6.33 Å². The minimum absolute atomic E-state index is 0.0731. The molecule has 1 aliphatic heterocycles. The SMILES string of the molecule is Cn1cnc(S(=O)(=O)N2CCN(c3cc(-n4cncn4)ncn3)CC2)c1. The van der Waals surface area contributed by atoms with E-state index < -0.39 is 10.0 Å². The Morgan fingerprint density at radius 1 is 0.962 bits per heavy atom. The average molecular weight is 375 g/mol. The van der Waals surface area contributed by atoms with E-state index in [0.29, 0.717) is 32.0 Å². The van der Waals surface area contributed by atoms with Crippen molar-refractivity contribution in [2.75, 3.05) is 31.1 Å². The van der Waals surface area contributed by atoms with Gasteiger partial charge in [-0.3, -0.25) is 0 Å². The molecule has 136 valence electrons. The smallest absolute Gasteiger partial charge is 0.262 e. The van der Waals surface area contributed by atoms with Crippen molar-refractivity contribution in [2.24, 2.45) is 7.05 Å². The van der Waals surface area contributed by atoms with Crippen LogP contribution in [0.5, 0.6) is 0 Å². The lowest BCUT2D eigenvalue weighted by molar-refractivity contribution is 0.382. The molecule has 1 fully saturated rings. The predicted molar refractivity (Wildman–Crippen MR) is 91.1 cm³/mol. The highest BCUT2D eigenvalue weighted by atomic mass is 32.2. The summed E-state index contributed by atoms with van der Waals surface area (Å²) < 4.78 is 29.9. The maximum atomic E-state index is 12.6. The van der Waals surface area contributed by atoms with Crippen molar-refractivity contribution in [1.82, 2.24) is 38.6 Å². The second-order valence-corrected chi connectivity index (χ2v) is 7.73. The summed E-state index contributed by atoms with van der Waals surface area (Å²) >= 11 is 0. The van der Waals surface area contributed by atoms with Crippen LogP contribution < -0.4 is 4.90 Å². The summed E-state index contributed by atoms with van der Waals surface area (Å²) in [7, 11) is -1.83. The van der Waals surface area contributed by atoms with Crippen LogP contribution in [0.2, 0.25) is 0 Å². The molecule has 1 saturated heterocycles. The number of imidazole rings is 1. The van der Waals surface area contributed by atoms with Gasteiger partial charge < -0.3 is 9.47 Å². The highest BCUT2D eigenvalue weighted by Gasteiger charge is 2.30. The predicted octanol–water partition coefficient (Wildman–Crippen LogP) is -0.698. The molecule has 1 aliphatic rings. The summed E-state index contributed by atoms with van der Waals surface area (Å²) in [6.07, 6.45) is 7.45.